The molecule has 0 radical (unpaired) electrons. The molecule has 0 aliphatic rings. The number of hydrogen-bond acceptors (Lipinski definition) is 5. The van der Waals surface area contributed by atoms with E-state index >= 15 is 0 Å². The smallest absolute Gasteiger partial charge is 0.352 e. The summed E-state index contributed by atoms with van der Waals surface area (Å²) in [5.74, 6) is -2.01. The average molecular weight is 429 g/mol. The monoisotopic (exact) mass is 429 g/mol. The second-order valence-corrected chi connectivity index (χ2v) is 9.22. The standard InChI is InChI=1S/C15H29NO9P2/c1-12(2)15(18)16-11-7-9-13(17)8-5-3-4-6-10-14(26(19,20)21)25-27(22,23)24/h14H,1,3-11H2,2H3,(H,16,18)(H2,19,20,21)(H2,22,23,24). The third-order valence-electron chi connectivity index (χ3n) is 3.60. The van der Waals surface area contributed by atoms with Crippen LogP contribution in [-0.4, -0.2) is 43.7 Å². The van der Waals surface area contributed by atoms with Gasteiger partial charge < -0.3 is 24.9 Å². The first-order valence-corrected chi connectivity index (χ1v) is 11.8. The summed E-state index contributed by atoms with van der Waals surface area (Å²) < 4.78 is 26.1. The van der Waals surface area contributed by atoms with Crippen molar-refractivity contribution in [3.05, 3.63) is 12.2 Å². The normalized spacial score (nSPS) is 13.2. The minimum atomic E-state index is -4.99. The van der Waals surface area contributed by atoms with Gasteiger partial charge in [0.1, 0.15) is 5.78 Å². The predicted molar refractivity (Wildman–Crippen MR) is 98.7 cm³/mol. The van der Waals surface area contributed by atoms with E-state index in [2.05, 4.69) is 16.4 Å². The Morgan fingerprint density at radius 1 is 1.00 bits per heavy atom. The number of carbonyl (C=O) groups excluding carboxylic acids is 2. The molecule has 10 nitrogen and oxygen atoms in total. The maximum absolute atomic E-state index is 11.7. The van der Waals surface area contributed by atoms with Crippen LogP contribution in [0.4, 0.5) is 0 Å². The maximum Gasteiger partial charge on any atom is 0.470 e. The molecular weight excluding hydrogens is 400 g/mol. The van der Waals surface area contributed by atoms with E-state index in [1.54, 1.807) is 6.92 Å². The van der Waals surface area contributed by atoms with Crippen LogP contribution in [0.15, 0.2) is 12.2 Å². The molecule has 0 saturated heterocycles. The Morgan fingerprint density at radius 3 is 2.07 bits per heavy atom. The molecule has 0 rings (SSSR count). The second kappa shape index (κ2) is 12.6. The predicted octanol–water partition coefficient (Wildman–Crippen LogP) is 1.98. The van der Waals surface area contributed by atoms with Crippen molar-refractivity contribution in [2.24, 2.45) is 0 Å². The average Bonchev–Trinajstić information content (AvgIpc) is 2.51. The lowest BCUT2D eigenvalue weighted by Gasteiger charge is -2.19. The lowest BCUT2D eigenvalue weighted by atomic mass is 10.1. The molecule has 1 amide bonds. The van der Waals surface area contributed by atoms with Gasteiger partial charge in [-0.1, -0.05) is 25.8 Å². The quantitative estimate of drug-likeness (QED) is 0.148. The molecule has 0 aliphatic carbocycles. The van der Waals surface area contributed by atoms with Gasteiger partial charge in [-0.05, 0) is 26.2 Å². The molecule has 0 saturated carbocycles. The summed E-state index contributed by atoms with van der Waals surface area (Å²) in [5, 5.41) is 2.64. The molecule has 0 aliphatic heterocycles. The Hall–Kier alpha value is -0.860. The summed E-state index contributed by atoms with van der Waals surface area (Å²) in [4.78, 5) is 58.4. The Kier molecular flexibility index (Phi) is 12.2. The topological polar surface area (TPSA) is 170 Å². The van der Waals surface area contributed by atoms with Gasteiger partial charge in [-0.2, -0.15) is 0 Å². The number of unbranched alkanes of at least 4 members (excludes halogenated alkanes) is 3. The maximum atomic E-state index is 11.7. The number of hydrogen-bond donors (Lipinski definition) is 5. The molecule has 0 aromatic heterocycles. The summed E-state index contributed by atoms with van der Waals surface area (Å²) in [6.45, 7) is 5.51. The zero-order chi connectivity index (χ0) is 21.1. The van der Waals surface area contributed by atoms with Crippen molar-refractivity contribution in [3.8, 4) is 0 Å². The third kappa shape index (κ3) is 14.8. The summed E-state index contributed by atoms with van der Waals surface area (Å²) >= 11 is 0. The molecule has 0 aromatic carbocycles. The fourth-order valence-corrected chi connectivity index (χ4v) is 4.00. The van der Waals surface area contributed by atoms with Gasteiger partial charge in [0.25, 0.3) is 0 Å². The number of Topliss-reactive ketones (excluding diaryl/α,β-unsaturated/α-hetero) is 1. The molecule has 1 atom stereocenters. The van der Waals surface area contributed by atoms with Crippen molar-refractivity contribution < 1.29 is 42.8 Å². The van der Waals surface area contributed by atoms with Crippen molar-refractivity contribution in [1.29, 1.82) is 0 Å². The summed E-state index contributed by atoms with van der Waals surface area (Å²) in [7, 11) is -9.76. The first kappa shape index (κ1) is 26.1. The first-order chi connectivity index (χ1) is 12.3. The highest BCUT2D eigenvalue weighted by molar-refractivity contribution is 7.53. The molecule has 0 bridgehead atoms. The zero-order valence-corrected chi connectivity index (χ0v) is 17.2. The van der Waals surface area contributed by atoms with E-state index < -0.39 is 21.3 Å². The van der Waals surface area contributed by atoms with Crippen LogP contribution in [0.3, 0.4) is 0 Å². The number of phosphoric ester groups is 1. The van der Waals surface area contributed by atoms with Gasteiger partial charge in [-0.15, -0.1) is 0 Å². The molecule has 12 heteroatoms. The molecule has 0 heterocycles. The van der Waals surface area contributed by atoms with E-state index in [9.17, 15) is 18.7 Å². The Labute approximate surface area is 158 Å². The van der Waals surface area contributed by atoms with Crippen molar-refractivity contribution in [2.45, 2.75) is 64.1 Å². The van der Waals surface area contributed by atoms with Gasteiger partial charge in [0.2, 0.25) is 5.91 Å². The van der Waals surface area contributed by atoms with E-state index in [0.29, 0.717) is 57.1 Å². The summed E-state index contributed by atoms with van der Waals surface area (Å²) in [6.07, 6.45) is 3.17. The zero-order valence-electron chi connectivity index (χ0n) is 15.4. The van der Waals surface area contributed by atoms with Crippen LogP contribution in [0.2, 0.25) is 0 Å². The number of phosphoric acid groups is 1. The number of ketones is 1. The van der Waals surface area contributed by atoms with Crippen LogP contribution in [0.25, 0.3) is 0 Å². The van der Waals surface area contributed by atoms with Crippen LogP contribution in [0, 0.1) is 0 Å². The SMILES string of the molecule is C=C(C)C(=O)NCCCC(=O)CCCCCCC(OP(=O)(O)O)P(=O)(O)O. The molecule has 158 valence electrons. The first-order valence-electron chi connectivity index (χ1n) is 8.57. The summed E-state index contributed by atoms with van der Waals surface area (Å²) in [5.41, 5.74) is 0.411. The highest BCUT2D eigenvalue weighted by atomic mass is 31.2. The minimum Gasteiger partial charge on any atom is -0.352 e. The molecular formula is C15H29NO9P2. The van der Waals surface area contributed by atoms with E-state index in [1.165, 1.54) is 0 Å². The minimum absolute atomic E-state index is 0.0671. The molecule has 27 heavy (non-hydrogen) atoms. The lowest BCUT2D eigenvalue weighted by Crippen LogP contribution is -2.25. The fraction of sp³-hybridized carbons (Fsp3) is 0.733. The van der Waals surface area contributed by atoms with Crippen molar-refractivity contribution in [1.82, 2.24) is 5.32 Å². The van der Waals surface area contributed by atoms with Gasteiger partial charge in [0.15, 0.2) is 5.85 Å². The van der Waals surface area contributed by atoms with Crippen molar-refractivity contribution in [2.75, 3.05) is 6.54 Å². The number of carbonyl (C=O) groups is 2. The van der Waals surface area contributed by atoms with Crippen LogP contribution in [-0.2, 0) is 23.2 Å². The number of amides is 1. The van der Waals surface area contributed by atoms with E-state index in [1.807, 2.05) is 0 Å². The van der Waals surface area contributed by atoms with Gasteiger partial charge in [0.05, 0.1) is 0 Å². The van der Waals surface area contributed by atoms with Crippen molar-refractivity contribution in [3.63, 3.8) is 0 Å². The van der Waals surface area contributed by atoms with Gasteiger partial charge in [0, 0.05) is 25.0 Å². The van der Waals surface area contributed by atoms with E-state index in [4.69, 9.17) is 19.6 Å². The van der Waals surface area contributed by atoms with Crippen LogP contribution < -0.4 is 5.32 Å². The van der Waals surface area contributed by atoms with Crippen molar-refractivity contribution >= 4 is 27.1 Å². The molecule has 0 fully saturated rings. The van der Waals surface area contributed by atoms with Gasteiger partial charge in [-0.3, -0.25) is 18.7 Å². The van der Waals surface area contributed by atoms with E-state index in [-0.39, 0.29) is 18.1 Å². The van der Waals surface area contributed by atoms with Crippen LogP contribution >= 0.6 is 15.4 Å². The number of nitrogens with one attached hydrogen (secondary N) is 1. The third-order valence-corrected chi connectivity index (χ3v) is 5.41. The highest BCUT2D eigenvalue weighted by Crippen LogP contribution is 2.52. The molecule has 0 spiro atoms. The van der Waals surface area contributed by atoms with Gasteiger partial charge >= 0.3 is 15.4 Å². The molecule has 0 aromatic rings. The van der Waals surface area contributed by atoms with Crippen LogP contribution in [0.5, 0.6) is 0 Å². The molecule has 1 unspecified atom stereocenters. The molecule has 5 N–H and O–H groups in total. The Morgan fingerprint density at radius 2 is 1.56 bits per heavy atom. The van der Waals surface area contributed by atoms with E-state index in [0.717, 1.165) is 0 Å². The largest absolute Gasteiger partial charge is 0.470 e. The lowest BCUT2D eigenvalue weighted by molar-refractivity contribution is -0.120. The van der Waals surface area contributed by atoms with Crippen LogP contribution in [0.1, 0.15) is 58.3 Å². The highest BCUT2D eigenvalue weighted by Gasteiger charge is 2.35. The summed E-state index contributed by atoms with van der Waals surface area (Å²) in [6, 6.07) is 0. The Bertz CT molecular complexity index is 596. The Balaban J connectivity index is 3.87. The number of rotatable bonds is 15. The fourth-order valence-electron chi connectivity index (χ4n) is 2.20. The van der Waals surface area contributed by atoms with Gasteiger partial charge in [-0.25, -0.2) is 4.57 Å². The second-order valence-electron chi connectivity index (χ2n) is 6.27.